The van der Waals surface area contributed by atoms with E-state index >= 15 is 0 Å². The van der Waals surface area contributed by atoms with Crippen molar-refractivity contribution >= 4 is 34.9 Å². The molecule has 20 heavy (non-hydrogen) atoms. The highest BCUT2D eigenvalue weighted by Gasteiger charge is 2.13. The zero-order valence-corrected chi connectivity index (χ0v) is 13.8. The lowest BCUT2D eigenvalue weighted by atomic mass is 9.81. The molecule has 7 heteroatoms. The molecular weight excluding hydrogens is 289 g/mol. The Morgan fingerprint density at radius 2 is 2.10 bits per heavy atom. The molecule has 0 fully saturated rings. The van der Waals surface area contributed by atoms with E-state index < -0.39 is 6.04 Å². The molecule has 0 saturated carbocycles. The molecule has 0 saturated heterocycles. The van der Waals surface area contributed by atoms with Gasteiger partial charge in [-0.2, -0.15) is 0 Å². The molecule has 1 atom stereocenters. The van der Waals surface area contributed by atoms with Crippen LogP contribution in [0.4, 0.5) is 0 Å². The zero-order chi connectivity index (χ0) is 15.2. The van der Waals surface area contributed by atoms with Crippen molar-refractivity contribution in [3.63, 3.8) is 0 Å². The van der Waals surface area contributed by atoms with Gasteiger partial charge in [-0.25, -0.2) is 0 Å². The quantitative estimate of drug-likeness (QED) is 0.244. The number of amides is 1. The molecule has 0 bridgehead atoms. The maximum Gasteiger partial charge on any atom is 0.269 e. The highest BCUT2D eigenvalue weighted by molar-refractivity contribution is 8.76. The number of carbonyl (C=O) groups is 1. The summed E-state index contributed by atoms with van der Waals surface area (Å²) in [4.78, 5) is 11.8. The van der Waals surface area contributed by atoms with Gasteiger partial charge in [0.25, 0.3) is 7.41 Å². The summed E-state index contributed by atoms with van der Waals surface area (Å²) in [7, 11) is 3.71. The second-order valence-electron chi connectivity index (χ2n) is 3.99. The fourth-order valence-electron chi connectivity index (χ4n) is 1.23. The van der Waals surface area contributed by atoms with E-state index in [0.29, 0.717) is 19.7 Å². The fourth-order valence-corrected chi connectivity index (χ4v) is 3.21. The molecule has 0 radical (unpaired) electrons. The number of hydrogen-bond donors (Lipinski definition) is 3. The number of nitrogens with two attached hydrogens (primary N) is 2. The van der Waals surface area contributed by atoms with Gasteiger partial charge in [0.1, 0.15) is 0 Å². The van der Waals surface area contributed by atoms with Crippen molar-refractivity contribution in [3.05, 3.63) is 35.9 Å². The summed E-state index contributed by atoms with van der Waals surface area (Å²) >= 11 is 0. The summed E-state index contributed by atoms with van der Waals surface area (Å²) in [5, 5.41) is 2.85. The number of rotatable bonds is 10. The second-order valence-corrected chi connectivity index (χ2v) is 6.61. The Morgan fingerprint density at radius 3 is 2.70 bits per heavy atom. The summed E-state index contributed by atoms with van der Waals surface area (Å²) in [6.07, 6.45) is 9.78. The van der Waals surface area contributed by atoms with Crippen molar-refractivity contribution in [1.82, 2.24) is 5.23 Å². The van der Waals surface area contributed by atoms with Gasteiger partial charge in [-0.3, -0.25) is 4.79 Å². The molecule has 0 aliphatic rings. The van der Waals surface area contributed by atoms with Crippen molar-refractivity contribution in [2.75, 3.05) is 18.1 Å². The minimum absolute atomic E-state index is 0.123. The summed E-state index contributed by atoms with van der Waals surface area (Å²) in [5.74, 6) is 1.34. The molecule has 0 spiro atoms. The maximum atomic E-state index is 11.8. The Kier molecular flexibility index (Phi) is 12.9. The van der Waals surface area contributed by atoms with Gasteiger partial charge in [-0.05, 0) is 13.8 Å². The molecule has 0 unspecified atom stereocenters. The predicted octanol–water partition coefficient (Wildman–Crippen LogP) is 1.16. The summed E-state index contributed by atoms with van der Waals surface area (Å²) in [6, 6.07) is -0.487. The molecular formula is C13H24BN3OS2. The first kappa shape index (κ1) is 19.4. The Bertz CT molecular complexity index is 360. The van der Waals surface area contributed by atoms with Gasteiger partial charge in [-0.1, -0.05) is 57.4 Å². The lowest BCUT2D eigenvalue weighted by Gasteiger charge is -2.11. The van der Waals surface area contributed by atoms with Crippen LogP contribution in [-0.4, -0.2) is 37.4 Å². The first-order valence-corrected chi connectivity index (χ1v) is 9.06. The molecule has 0 heterocycles. The number of allylic oxidation sites excluding steroid dienone is 6. The van der Waals surface area contributed by atoms with E-state index in [-0.39, 0.29) is 5.91 Å². The van der Waals surface area contributed by atoms with Crippen LogP contribution in [0.2, 0.25) is 0 Å². The minimum Gasteiger partial charge on any atom is -0.396 e. The van der Waals surface area contributed by atoms with Crippen LogP contribution < -0.4 is 16.7 Å². The monoisotopic (exact) mass is 313 g/mol. The second kappa shape index (κ2) is 13.4. The van der Waals surface area contributed by atoms with E-state index in [1.165, 1.54) is 0 Å². The van der Waals surface area contributed by atoms with Crippen LogP contribution in [0.1, 0.15) is 13.8 Å². The van der Waals surface area contributed by atoms with E-state index in [1.807, 2.05) is 44.2 Å². The number of nitrogens with one attached hydrogen (secondary N) is 1. The van der Waals surface area contributed by atoms with Crippen LogP contribution in [0, 0.1) is 0 Å². The predicted molar refractivity (Wildman–Crippen MR) is 94.9 cm³/mol. The largest absolute Gasteiger partial charge is 0.396 e. The molecule has 5 N–H and O–H groups in total. The number of hydrogen-bond acceptors (Lipinski definition) is 5. The Balaban J connectivity index is 4.11. The van der Waals surface area contributed by atoms with Gasteiger partial charge in [0.2, 0.25) is 5.91 Å². The highest BCUT2D eigenvalue weighted by Crippen LogP contribution is 2.20. The SMILES string of the molecule is C\C=C/C=C(BNC(=O)[C@H](N)CSSCCN)\C=C/C. The Hall–Kier alpha value is -0.625. The van der Waals surface area contributed by atoms with Crippen LogP contribution in [0.15, 0.2) is 35.9 Å². The first-order valence-electron chi connectivity index (χ1n) is 6.58. The molecule has 0 aromatic heterocycles. The third kappa shape index (κ3) is 10.2. The van der Waals surface area contributed by atoms with Crippen molar-refractivity contribution < 1.29 is 4.79 Å². The summed E-state index contributed by atoms with van der Waals surface area (Å²) < 4.78 is 0. The topological polar surface area (TPSA) is 81.1 Å². The molecule has 1 amide bonds. The fraction of sp³-hybridized carbons (Fsp3) is 0.462. The number of carbonyl (C=O) groups excluding carboxylic acids is 1. The summed E-state index contributed by atoms with van der Waals surface area (Å²) in [6.45, 7) is 4.54. The van der Waals surface area contributed by atoms with E-state index in [9.17, 15) is 4.79 Å². The third-order valence-electron chi connectivity index (χ3n) is 2.22. The van der Waals surface area contributed by atoms with Gasteiger partial charge in [-0.15, -0.1) is 0 Å². The van der Waals surface area contributed by atoms with Crippen molar-refractivity contribution in [3.8, 4) is 0 Å². The van der Waals surface area contributed by atoms with Gasteiger partial charge >= 0.3 is 0 Å². The standard InChI is InChI=1S/C13H24BN3OS2/c1-3-5-7-11(6-4-2)14-17-13(18)12(16)10-20-19-9-8-15/h3-7,12,14H,8-10,15-16H2,1-2H3,(H,17,18)/b5-3-,6-4-,11-7+/t12-/m1/s1. The molecule has 112 valence electrons. The average molecular weight is 313 g/mol. The lowest BCUT2D eigenvalue weighted by Crippen LogP contribution is -2.44. The van der Waals surface area contributed by atoms with E-state index in [2.05, 4.69) is 5.23 Å². The minimum atomic E-state index is -0.487. The van der Waals surface area contributed by atoms with Crippen LogP contribution in [-0.2, 0) is 4.79 Å². The smallest absolute Gasteiger partial charge is 0.269 e. The Labute approximate surface area is 130 Å². The van der Waals surface area contributed by atoms with E-state index in [1.54, 1.807) is 21.6 Å². The molecule has 0 rings (SSSR count). The average Bonchev–Trinajstić information content (AvgIpc) is 2.45. The van der Waals surface area contributed by atoms with Gasteiger partial charge in [0.15, 0.2) is 0 Å². The maximum absolute atomic E-state index is 11.8. The van der Waals surface area contributed by atoms with Gasteiger partial charge < -0.3 is 16.7 Å². The molecule has 0 aliphatic heterocycles. The molecule has 0 aromatic carbocycles. The van der Waals surface area contributed by atoms with E-state index in [0.717, 1.165) is 11.2 Å². The third-order valence-corrected chi connectivity index (χ3v) is 4.69. The van der Waals surface area contributed by atoms with Gasteiger partial charge in [0.05, 0.1) is 6.04 Å². The van der Waals surface area contributed by atoms with Crippen molar-refractivity contribution in [2.24, 2.45) is 11.5 Å². The normalized spacial score (nSPS) is 13.9. The zero-order valence-electron chi connectivity index (χ0n) is 12.2. The molecule has 0 aliphatic carbocycles. The summed E-state index contributed by atoms with van der Waals surface area (Å²) in [5.41, 5.74) is 12.3. The lowest BCUT2D eigenvalue weighted by molar-refractivity contribution is -0.120. The van der Waals surface area contributed by atoms with Crippen LogP contribution in [0.5, 0.6) is 0 Å². The molecule has 0 aromatic rings. The van der Waals surface area contributed by atoms with Crippen molar-refractivity contribution in [1.29, 1.82) is 0 Å². The van der Waals surface area contributed by atoms with Crippen molar-refractivity contribution in [2.45, 2.75) is 19.9 Å². The van der Waals surface area contributed by atoms with E-state index in [4.69, 9.17) is 11.5 Å². The van der Waals surface area contributed by atoms with Crippen LogP contribution >= 0.6 is 21.6 Å². The highest BCUT2D eigenvalue weighted by atomic mass is 33.1. The Morgan fingerprint density at radius 1 is 1.35 bits per heavy atom. The van der Waals surface area contributed by atoms with Crippen LogP contribution in [0.25, 0.3) is 0 Å². The molecule has 4 nitrogen and oxygen atoms in total. The first-order chi connectivity index (χ1) is 9.65. The van der Waals surface area contributed by atoms with Crippen LogP contribution in [0.3, 0.4) is 0 Å². The van der Waals surface area contributed by atoms with Gasteiger partial charge in [0, 0.05) is 18.1 Å².